The van der Waals surface area contributed by atoms with Crippen LogP contribution in [-0.4, -0.2) is 18.2 Å². The summed E-state index contributed by atoms with van der Waals surface area (Å²) in [5.74, 6) is 1.67. The van der Waals surface area contributed by atoms with E-state index in [2.05, 4.69) is 26.5 Å². The molecule has 5 nitrogen and oxygen atoms in total. The fourth-order valence-electron chi connectivity index (χ4n) is 2.53. The molecular weight excluding hydrogens is 396 g/mol. The molecule has 2 aromatic carbocycles. The second-order valence-corrected chi connectivity index (χ2v) is 6.59. The van der Waals surface area contributed by atoms with E-state index in [0.29, 0.717) is 17.9 Å². The minimum absolute atomic E-state index is 0.313. The van der Waals surface area contributed by atoms with Crippen molar-refractivity contribution in [1.29, 1.82) is 0 Å². The van der Waals surface area contributed by atoms with Crippen LogP contribution in [0.3, 0.4) is 0 Å². The van der Waals surface area contributed by atoms with Crippen LogP contribution in [0.15, 0.2) is 62.5 Å². The molecule has 1 atom stereocenters. The predicted octanol–water partition coefficient (Wildman–Crippen LogP) is 4.81. The highest BCUT2D eigenvalue weighted by atomic mass is 79.9. The van der Waals surface area contributed by atoms with Crippen molar-refractivity contribution in [2.45, 2.75) is 26.4 Å². The lowest BCUT2D eigenvalue weighted by Gasteiger charge is -2.17. The molecule has 1 amide bonds. The number of aryl methyl sites for hydroxylation is 1. The summed E-state index contributed by atoms with van der Waals surface area (Å²) < 4.78 is 12.1. The van der Waals surface area contributed by atoms with E-state index in [1.165, 1.54) is 6.21 Å². The molecule has 0 radical (unpaired) electrons. The molecule has 1 heterocycles. The number of carbonyl (C=O) groups excluding carboxylic acids is 1. The van der Waals surface area contributed by atoms with E-state index in [4.69, 9.17) is 9.15 Å². The lowest BCUT2D eigenvalue weighted by molar-refractivity contribution is -0.128. The van der Waals surface area contributed by atoms with Gasteiger partial charge in [0.05, 0.1) is 10.7 Å². The lowest BCUT2D eigenvalue weighted by atomic mass is 10.1. The van der Waals surface area contributed by atoms with Gasteiger partial charge in [-0.15, -0.1) is 0 Å². The number of nitrogens with one attached hydrogen (secondary N) is 1. The number of hydrazone groups is 1. The molecule has 1 aromatic heterocycles. The summed E-state index contributed by atoms with van der Waals surface area (Å²) >= 11 is 3.58. The van der Waals surface area contributed by atoms with Gasteiger partial charge in [-0.25, -0.2) is 5.43 Å². The maximum absolute atomic E-state index is 12.4. The Balaban J connectivity index is 1.69. The number of amides is 1. The van der Waals surface area contributed by atoms with Crippen LogP contribution in [-0.2, 0) is 4.79 Å². The average Bonchev–Trinajstić information content (AvgIpc) is 3.06. The monoisotopic (exact) mass is 414 g/mol. The smallest absolute Gasteiger partial charge is 0.281 e. The molecule has 0 bridgehead atoms. The van der Waals surface area contributed by atoms with Gasteiger partial charge in [0, 0.05) is 0 Å². The summed E-state index contributed by atoms with van der Waals surface area (Å²) in [7, 11) is 0. The number of hydrogen-bond acceptors (Lipinski definition) is 4. The molecule has 0 saturated heterocycles. The normalized spacial score (nSPS) is 12.4. The van der Waals surface area contributed by atoms with Gasteiger partial charge >= 0.3 is 0 Å². The van der Waals surface area contributed by atoms with Crippen molar-refractivity contribution in [3.8, 4) is 5.75 Å². The number of benzene rings is 2. The summed E-state index contributed by atoms with van der Waals surface area (Å²) in [6.07, 6.45) is 1.33. The zero-order valence-corrected chi connectivity index (χ0v) is 16.1. The zero-order valence-electron chi connectivity index (χ0n) is 14.5. The molecule has 0 spiro atoms. The highest BCUT2D eigenvalue weighted by molar-refractivity contribution is 9.10. The molecular formula is C20H19BrN2O3. The molecule has 134 valence electrons. The standard InChI is InChI=1S/C20H19BrN2O3/c1-3-17(20(24)23-22-12-15-10-8-13(2)25-15)26-18-11-9-14-6-4-5-7-16(14)19(18)21/h4-12,17H,3H2,1-2H3,(H,23,24)/b22-12-/t17-/m0/s1. The minimum Gasteiger partial charge on any atom is -0.479 e. The van der Waals surface area contributed by atoms with Crippen LogP contribution < -0.4 is 10.2 Å². The lowest BCUT2D eigenvalue weighted by Crippen LogP contribution is -2.35. The molecule has 26 heavy (non-hydrogen) atoms. The largest absolute Gasteiger partial charge is 0.479 e. The van der Waals surface area contributed by atoms with Crippen LogP contribution in [0.2, 0.25) is 0 Å². The van der Waals surface area contributed by atoms with E-state index in [-0.39, 0.29) is 5.91 Å². The van der Waals surface area contributed by atoms with Gasteiger partial charge in [-0.1, -0.05) is 37.3 Å². The summed E-state index contributed by atoms with van der Waals surface area (Å²) in [5.41, 5.74) is 2.50. The van der Waals surface area contributed by atoms with Gasteiger partial charge in [0.1, 0.15) is 17.3 Å². The van der Waals surface area contributed by atoms with Gasteiger partial charge < -0.3 is 9.15 Å². The number of halogens is 1. The zero-order chi connectivity index (χ0) is 18.5. The number of ether oxygens (including phenoxy) is 1. The van der Waals surface area contributed by atoms with Crippen molar-refractivity contribution in [3.05, 3.63) is 64.5 Å². The molecule has 0 fully saturated rings. The molecule has 3 aromatic rings. The molecule has 6 heteroatoms. The highest BCUT2D eigenvalue weighted by Crippen LogP contribution is 2.33. The van der Waals surface area contributed by atoms with Gasteiger partial charge in [-0.05, 0) is 58.2 Å². The van der Waals surface area contributed by atoms with Crippen molar-refractivity contribution in [2.24, 2.45) is 5.10 Å². The van der Waals surface area contributed by atoms with Crippen LogP contribution in [0, 0.1) is 6.92 Å². The first kappa shape index (κ1) is 18.2. The summed E-state index contributed by atoms with van der Waals surface area (Å²) in [4.78, 5) is 12.4. The maximum atomic E-state index is 12.4. The van der Waals surface area contributed by atoms with Crippen LogP contribution in [0.4, 0.5) is 0 Å². The topological polar surface area (TPSA) is 63.8 Å². The van der Waals surface area contributed by atoms with E-state index in [1.54, 1.807) is 6.07 Å². The van der Waals surface area contributed by atoms with Gasteiger partial charge in [-0.2, -0.15) is 5.10 Å². The Hall–Kier alpha value is -2.60. The van der Waals surface area contributed by atoms with Gasteiger partial charge in [0.25, 0.3) is 5.91 Å². The van der Waals surface area contributed by atoms with Crippen LogP contribution in [0.1, 0.15) is 24.9 Å². The van der Waals surface area contributed by atoms with Crippen molar-refractivity contribution in [3.63, 3.8) is 0 Å². The number of furan rings is 1. The summed E-state index contributed by atoms with van der Waals surface area (Å²) in [6.45, 7) is 3.73. The predicted molar refractivity (Wildman–Crippen MR) is 106 cm³/mol. The molecule has 0 aliphatic rings. The fraction of sp³-hybridized carbons (Fsp3) is 0.200. The number of carbonyl (C=O) groups is 1. The third-order valence-electron chi connectivity index (χ3n) is 3.89. The Bertz CT molecular complexity index is 949. The molecule has 3 rings (SSSR count). The molecule has 0 saturated carbocycles. The third kappa shape index (κ3) is 4.14. The van der Waals surface area contributed by atoms with Gasteiger partial charge in [0.2, 0.25) is 0 Å². The van der Waals surface area contributed by atoms with E-state index in [9.17, 15) is 4.79 Å². The minimum atomic E-state index is -0.650. The second kappa shape index (κ2) is 8.19. The highest BCUT2D eigenvalue weighted by Gasteiger charge is 2.19. The van der Waals surface area contributed by atoms with Gasteiger partial charge in [0.15, 0.2) is 6.10 Å². The van der Waals surface area contributed by atoms with E-state index >= 15 is 0 Å². The SMILES string of the molecule is CC[C@H](Oc1ccc2ccccc2c1Br)C(=O)N/N=C\c1ccc(C)o1. The van der Waals surface area contributed by atoms with E-state index in [0.717, 1.165) is 21.0 Å². The number of hydrogen-bond donors (Lipinski definition) is 1. The van der Waals surface area contributed by atoms with E-state index < -0.39 is 6.10 Å². The quantitative estimate of drug-likeness (QED) is 0.464. The number of rotatable bonds is 6. The summed E-state index contributed by atoms with van der Waals surface area (Å²) in [6, 6.07) is 15.4. The first-order chi connectivity index (χ1) is 12.6. The van der Waals surface area contributed by atoms with Crippen molar-refractivity contribution < 1.29 is 13.9 Å². The Kier molecular flexibility index (Phi) is 5.73. The second-order valence-electron chi connectivity index (χ2n) is 5.80. The van der Waals surface area contributed by atoms with Crippen molar-refractivity contribution >= 4 is 38.8 Å². The first-order valence-corrected chi connectivity index (χ1v) is 9.11. The van der Waals surface area contributed by atoms with Crippen molar-refractivity contribution in [1.82, 2.24) is 5.43 Å². The Morgan fingerprint density at radius 2 is 2.08 bits per heavy atom. The van der Waals surface area contributed by atoms with Crippen molar-refractivity contribution in [2.75, 3.05) is 0 Å². The average molecular weight is 415 g/mol. The Morgan fingerprint density at radius 3 is 2.81 bits per heavy atom. The Morgan fingerprint density at radius 1 is 1.27 bits per heavy atom. The number of nitrogens with zero attached hydrogens (tertiary/aromatic N) is 1. The fourth-order valence-corrected chi connectivity index (χ4v) is 3.12. The van der Waals surface area contributed by atoms with E-state index in [1.807, 2.05) is 56.3 Å². The van der Waals surface area contributed by atoms with Crippen LogP contribution in [0.5, 0.6) is 5.75 Å². The van der Waals surface area contributed by atoms with Crippen LogP contribution >= 0.6 is 15.9 Å². The Labute approximate surface area is 160 Å². The summed E-state index contributed by atoms with van der Waals surface area (Å²) in [5, 5.41) is 6.06. The third-order valence-corrected chi connectivity index (χ3v) is 4.71. The first-order valence-electron chi connectivity index (χ1n) is 8.31. The van der Waals surface area contributed by atoms with Gasteiger partial charge in [-0.3, -0.25) is 4.79 Å². The molecule has 0 aliphatic carbocycles. The van der Waals surface area contributed by atoms with Crippen LogP contribution in [0.25, 0.3) is 10.8 Å². The molecule has 0 aliphatic heterocycles. The molecule has 1 N–H and O–H groups in total. The number of fused-ring (bicyclic) bond motifs is 1. The maximum Gasteiger partial charge on any atom is 0.281 e. The molecule has 0 unspecified atom stereocenters.